The summed E-state index contributed by atoms with van der Waals surface area (Å²) in [5.41, 5.74) is 9.26. The van der Waals surface area contributed by atoms with E-state index in [1.165, 1.54) is 0 Å². The number of hydrogen-bond acceptors (Lipinski definition) is 3. The van der Waals surface area contributed by atoms with Gasteiger partial charge in [-0.2, -0.15) is 0 Å². The topological polar surface area (TPSA) is 79.0 Å². The maximum absolute atomic E-state index is 11.4. The van der Waals surface area contributed by atoms with Crippen LogP contribution in [0.15, 0.2) is 60.8 Å². The molecule has 0 heterocycles. The molecule has 0 saturated heterocycles. The Morgan fingerprint density at radius 2 is 1.57 bits per heavy atom. The summed E-state index contributed by atoms with van der Waals surface area (Å²) < 4.78 is 0. The zero-order valence-corrected chi connectivity index (χ0v) is 12.9. The number of benzene rings is 1. The Kier molecular flexibility index (Phi) is 7.47. The number of carbonyl (C=O) groups excluding carboxylic acids is 1. The van der Waals surface area contributed by atoms with Gasteiger partial charge in [-0.25, -0.2) is 0 Å². The van der Waals surface area contributed by atoms with Crippen molar-refractivity contribution >= 4 is 11.6 Å². The van der Waals surface area contributed by atoms with Crippen LogP contribution in [0.4, 0.5) is 0 Å². The molecule has 0 atom stereocenters. The normalized spacial score (nSPS) is 8.90. The van der Waals surface area contributed by atoms with Gasteiger partial charge in [-0.3, -0.25) is 10.2 Å². The minimum Gasteiger partial charge on any atom is -0.399 e. The van der Waals surface area contributed by atoms with E-state index in [9.17, 15) is 4.79 Å². The fourth-order valence-electron chi connectivity index (χ4n) is 1.81. The van der Waals surface area contributed by atoms with Gasteiger partial charge in [-0.15, -0.1) is 13.2 Å². The Bertz CT molecular complexity index is 564. The first-order valence-corrected chi connectivity index (χ1v) is 6.42. The largest absolute Gasteiger partial charge is 0.399 e. The fourth-order valence-corrected chi connectivity index (χ4v) is 1.81. The van der Waals surface area contributed by atoms with Crippen LogP contribution in [0.2, 0.25) is 0 Å². The number of hydrogen-bond donors (Lipinski definition) is 3. The standard InChI is InChI=1S/C15H19N3O.C2H4/c1-9(2)13(10(3)16)14(17)11-5-7-12(8-6-11)15(19)18-4;1-2/h5-8,17H,3,16H2,1-2,4H3,(H,18,19);1-2H2. The molecule has 0 saturated carbocycles. The average Bonchev–Trinajstić information content (AvgIpc) is 2.47. The summed E-state index contributed by atoms with van der Waals surface area (Å²) in [6.45, 7) is 13.5. The van der Waals surface area contributed by atoms with E-state index in [2.05, 4.69) is 25.1 Å². The van der Waals surface area contributed by atoms with Gasteiger partial charge < -0.3 is 11.1 Å². The molecule has 0 aliphatic carbocycles. The van der Waals surface area contributed by atoms with Crippen LogP contribution in [0, 0.1) is 5.41 Å². The Morgan fingerprint density at radius 3 is 1.90 bits per heavy atom. The van der Waals surface area contributed by atoms with Gasteiger partial charge in [0.05, 0.1) is 5.71 Å². The van der Waals surface area contributed by atoms with E-state index in [1.54, 1.807) is 31.3 Å². The van der Waals surface area contributed by atoms with Crippen molar-refractivity contribution < 1.29 is 4.79 Å². The number of nitrogens with one attached hydrogen (secondary N) is 2. The third-order valence-electron chi connectivity index (χ3n) is 2.73. The average molecular weight is 285 g/mol. The molecule has 112 valence electrons. The van der Waals surface area contributed by atoms with Crippen LogP contribution < -0.4 is 11.1 Å². The highest BCUT2D eigenvalue weighted by molar-refractivity contribution is 6.13. The monoisotopic (exact) mass is 285 g/mol. The molecule has 1 aromatic carbocycles. The van der Waals surface area contributed by atoms with Crippen LogP contribution in [0.25, 0.3) is 0 Å². The van der Waals surface area contributed by atoms with Gasteiger partial charge in [0.15, 0.2) is 0 Å². The summed E-state index contributed by atoms with van der Waals surface area (Å²) in [5.74, 6) is -0.149. The molecule has 0 aliphatic rings. The fraction of sp³-hybridized carbons (Fsp3) is 0.176. The van der Waals surface area contributed by atoms with E-state index in [0.29, 0.717) is 28.1 Å². The first kappa shape index (κ1) is 18.4. The number of nitrogens with two attached hydrogens (primary N) is 1. The number of amides is 1. The Hall–Kier alpha value is -2.62. The van der Waals surface area contributed by atoms with Crippen LogP contribution >= 0.6 is 0 Å². The molecule has 1 aromatic rings. The van der Waals surface area contributed by atoms with Crippen LogP contribution in [0.5, 0.6) is 0 Å². The highest BCUT2D eigenvalue weighted by Crippen LogP contribution is 2.17. The van der Waals surface area contributed by atoms with Crippen molar-refractivity contribution in [3.05, 3.63) is 72.0 Å². The van der Waals surface area contributed by atoms with Gasteiger partial charge in [0.1, 0.15) is 0 Å². The first-order valence-electron chi connectivity index (χ1n) is 6.42. The van der Waals surface area contributed by atoms with Gasteiger partial charge in [0, 0.05) is 29.4 Å². The second kappa shape index (κ2) is 8.53. The minimum absolute atomic E-state index is 0.149. The van der Waals surface area contributed by atoms with Gasteiger partial charge in [-0.05, 0) is 26.0 Å². The van der Waals surface area contributed by atoms with Crippen molar-refractivity contribution in [1.82, 2.24) is 5.32 Å². The molecular weight excluding hydrogens is 262 g/mol. The number of carbonyl (C=O) groups is 1. The van der Waals surface area contributed by atoms with Gasteiger partial charge >= 0.3 is 0 Å². The number of allylic oxidation sites excluding steroid dienone is 2. The van der Waals surface area contributed by atoms with Crippen LogP contribution in [-0.4, -0.2) is 18.7 Å². The van der Waals surface area contributed by atoms with Gasteiger partial charge in [0.25, 0.3) is 5.91 Å². The Balaban J connectivity index is 0.00000191. The van der Waals surface area contributed by atoms with E-state index < -0.39 is 0 Å². The number of rotatable bonds is 4. The lowest BCUT2D eigenvalue weighted by atomic mass is 9.96. The predicted octanol–water partition coefficient (Wildman–Crippen LogP) is 3.03. The molecule has 0 spiro atoms. The minimum atomic E-state index is -0.149. The van der Waals surface area contributed by atoms with E-state index in [4.69, 9.17) is 11.1 Å². The van der Waals surface area contributed by atoms with Crippen molar-refractivity contribution in [3.8, 4) is 0 Å². The van der Waals surface area contributed by atoms with Crippen LogP contribution in [0.3, 0.4) is 0 Å². The third-order valence-corrected chi connectivity index (χ3v) is 2.73. The third kappa shape index (κ3) is 4.76. The van der Waals surface area contributed by atoms with E-state index in [1.807, 2.05) is 13.8 Å². The Labute approximate surface area is 126 Å². The molecule has 0 unspecified atom stereocenters. The molecule has 1 rings (SSSR count). The summed E-state index contributed by atoms with van der Waals surface area (Å²) in [6.07, 6.45) is 0. The molecular formula is C17H23N3O. The zero-order chi connectivity index (χ0) is 16.6. The van der Waals surface area contributed by atoms with E-state index >= 15 is 0 Å². The van der Waals surface area contributed by atoms with E-state index in [-0.39, 0.29) is 5.91 Å². The highest BCUT2D eigenvalue weighted by Gasteiger charge is 2.12. The summed E-state index contributed by atoms with van der Waals surface area (Å²) in [5, 5.41) is 10.7. The zero-order valence-electron chi connectivity index (χ0n) is 12.9. The molecule has 4 nitrogen and oxygen atoms in total. The molecule has 4 N–H and O–H groups in total. The van der Waals surface area contributed by atoms with Crippen molar-refractivity contribution in [3.63, 3.8) is 0 Å². The molecule has 0 aliphatic heterocycles. The SMILES string of the molecule is C=C.C=C(N)C(C(=N)c1ccc(C(=O)NC)cc1)=C(C)C. The lowest BCUT2D eigenvalue weighted by molar-refractivity contribution is 0.0963. The molecule has 0 fully saturated rings. The second-order valence-electron chi connectivity index (χ2n) is 4.43. The lowest BCUT2D eigenvalue weighted by Gasteiger charge is -2.12. The molecule has 21 heavy (non-hydrogen) atoms. The second-order valence-corrected chi connectivity index (χ2v) is 4.43. The summed E-state index contributed by atoms with van der Waals surface area (Å²) in [4.78, 5) is 11.4. The molecule has 0 bridgehead atoms. The summed E-state index contributed by atoms with van der Waals surface area (Å²) in [7, 11) is 1.58. The van der Waals surface area contributed by atoms with Gasteiger partial charge in [0.2, 0.25) is 0 Å². The maximum Gasteiger partial charge on any atom is 0.251 e. The first-order chi connectivity index (χ1) is 9.88. The highest BCUT2D eigenvalue weighted by atomic mass is 16.1. The maximum atomic E-state index is 11.4. The van der Waals surface area contributed by atoms with Crippen molar-refractivity contribution in [2.45, 2.75) is 13.8 Å². The van der Waals surface area contributed by atoms with E-state index in [0.717, 1.165) is 5.57 Å². The molecule has 0 radical (unpaired) electrons. The van der Waals surface area contributed by atoms with Gasteiger partial charge in [-0.1, -0.05) is 24.3 Å². The predicted molar refractivity (Wildman–Crippen MR) is 89.6 cm³/mol. The smallest absolute Gasteiger partial charge is 0.251 e. The lowest BCUT2D eigenvalue weighted by Crippen LogP contribution is -2.18. The molecule has 4 heteroatoms. The Morgan fingerprint density at radius 1 is 1.14 bits per heavy atom. The molecule has 0 aromatic heterocycles. The van der Waals surface area contributed by atoms with Crippen molar-refractivity contribution in [1.29, 1.82) is 5.41 Å². The van der Waals surface area contributed by atoms with Crippen LogP contribution in [0.1, 0.15) is 29.8 Å². The van der Waals surface area contributed by atoms with Crippen molar-refractivity contribution in [2.75, 3.05) is 7.05 Å². The summed E-state index contributed by atoms with van der Waals surface area (Å²) in [6, 6.07) is 6.84. The van der Waals surface area contributed by atoms with Crippen LogP contribution in [-0.2, 0) is 0 Å². The molecule has 1 amide bonds. The summed E-state index contributed by atoms with van der Waals surface area (Å²) >= 11 is 0. The quantitative estimate of drug-likeness (QED) is 0.451. The van der Waals surface area contributed by atoms with Crippen molar-refractivity contribution in [2.24, 2.45) is 5.73 Å².